The van der Waals surface area contributed by atoms with Crippen LogP contribution < -0.4 is 0 Å². The van der Waals surface area contributed by atoms with Crippen molar-refractivity contribution in [1.82, 2.24) is 9.80 Å². The molecule has 2 fully saturated rings. The Balaban J connectivity index is 1.75. The number of halogens is 6. The third-order valence-electron chi connectivity index (χ3n) is 6.03. The highest BCUT2D eigenvalue weighted by atomic mass is 19.4. The number of hydrogen-bond acceptors (Lipinski definition) is 2. The van der Waals surface area contributed by atoms with E-state index in [1.807, 2.05) is 0 Å². The second-order valence-electron chi connectivity index (χ2n) is 8.54. The molecule has 3 nitrogen and oxygen atoms in total. The van der Waals surface area contributed by atoms with Crippen molar-refractivity contribution >= 4 is 5.91 Å². The fourth-order valence-electron chi connectivity index (χ4n) is 4.27. The average molecular weight is 436 g/mol. The lowest BCUT2D eigenvalue weighted by Crippen LogP contribution is -2.45. The molecule has 1 aromatic carbocycles. The fraction of sp³-hybridized carbons (Fsp3) is 0.667. The van der Waals surface area contributed by atoms with E-state index in [-0.39, 0.29) is 12.0 Å². The van der Waals surface area contributed by atoms with Crippen LogP contribution >= 0.6 is 0 Å². The minimum absolute atomic E-state index is 0.0487. The summed E-state index contributed by atoms with van der Waals surface area (Å²) in [5.74, 6) is 0.0852. The predicted octanol–water partition coefficient (Wildman–Crippen LogP) is 5.31. The summed E-state index contributed by atoms with van der Waals surface area (Å²) in [6.07, 6.45) is -6.13. The minimum Gasteiger partial charge on any atom is -0.338 e. The number of piperidine rings is 2. The van der Waals surface area contributed by atoms with Gasteiger partial charge in [0.1, 0.15) is 0 Å². The molecule has 9 heteroatoms. The van der Waals surface area contributed by atoms with Crippen molar-refractivity contribution in [1.29, 1.82) is 0 Å². The van der Waals surface area contributed by atoms with Crippen LogP contribution in [0.5, 0.6) is 0 Å². The molecule has 0 saturated carbocycles. The smallest absolute Gasteiger partial charge is 0.338 e. The van der Waals surface area contributed by atoms with Crippen LogP contribution in [0.4, 0.5) is 26.3 Å². The average Bonchev–Trinajstić information content (AvgIpc) is 2.68. The lowest BCUT2D eigenvalue weighted by molar-refractivity contribution is -0.143. The van der Waals surface area contributed by atoms with Crippen molar-refractivity contribution in [3.8, 4) is 0 Å². The van der Waals surface area contributed by atoms with Gasteiger partial charge >= 0.3 is 12.4 Å². The number of carbonyl (C=O) groups is 1. The Bertz CT molecular complexity index is 721. The highest BCUT2D eigenvalue weighted by Crippen LogP contribution is 2.36. The Morgan fingerprint density at radius 2 is 1.50 bits per heavy atom. The van der Waals surface area contributed by atoms with Gasteiger partial charge < -0.3 is 9.80 Å². The van der Waals surface area contributed by atoms with Crippen LogP contribution in [0.3, 0.4) is 0 Å². The Labute approximate surface area is 172 Å². The molecule has 2 aliphatic rings. The van der Waals surface area contributed by atoms with Gasteiger partial charge in [-0.15, -0.1) is 0 Å². The zero-order valence-electron chi connectivity index (χ0n) is 16.8. The van der Waals surface area contributed by atoms with Gasteiger partial charge in [0.05, 0.1) is 11.1 Å². The van der Waals surface area contributed by atoms with Crippen molar-refractivity contribution in [3.63, 3.8) is 0 Å². The van der Waals surface area contributed by atoms with Crippen molar-refractivity contribution in [3.05, 3.63) is 34.9 Å². The van der Waals surface area contributed by atoms with E-state index < -0.39 is 35.0 Å². The van der Waals surface area contributed by atoms with Gasteiger partial charge in [-0.05, 0) is 68.8 Å². The van der Waals surface area contributed by atoms with Gasteiger partial charge in [-0.3, -0.25) is 4.79 Å². The summed E-state index contributed by atoms with van der Waals surface area (Å²) in [5.41, 5.74) is -3.49. The quantitative estimate of drug-likeness (QED) is 0.600. The van der Waals surface area contributed by atoms with Gasteiger partial charge in [-0.1, -0.05) is 6.92 Å². The molecule has 1 unspecified atom stereocenters. The third kappa shape index (κ3) is 5.68. The zero-order valence-corrected chi connectivity index (χ0v) is 16.8. The number of amides is 1. The van der Waals surface area contributed by atoms with Gasteiger partial charge in [0.25, 0.3) is 5.91 Å². The van der Waals surface area contributed by atoms with E-state index >= 15 is 0 Å². The van der Waals surface area contributed by atoms with E-state index in [2.05, 4.69) is 11.8 Å². The maximum atomic E-state index is 13.1. The van der Waals surface area contributed by atoms with Crippen LogP contribution in [0.1, 0.15) is 54.1 Å². The van der Waals surface area contributed by atoms with Crippen molar-refractivity contribution in [2.75, 3.05) is 32.7 Å². The minimum atomic E-state index is -4.97. The number of alkyl halides is 6. The Kier molecular flexibility index (Phi) is 6.69. The molecule has 1 aromatic rings. The van der Waals surface area contributed by atoms with Crippen LogP contribution in [0.25, 0.3) is 0 Å². The number of hydrogen-bond donors (Lipinski definition) is 0. The van der Waals surface area contributed by atoms with Gasteiger partial charge in [-0.2, -0.15) is 26.3 Å². The van der Waals surface area contributed by atoms with E-state index in [1.54, 1.807) is 0 Å². The molecule has 0 bridgehead atoms. The van der Waals surface area contributed by atoms with Crippen molar-refractivity contribution in [2.24, 2.45) is 11.8 Å². The molecular formula is C21H26F6N2O. The molecule has 2 saturated heterocycles. The predicted molar refractivity (Wildman–Crippen MR) is 99.9 cm³/mol. The molecule has 30 heavy (non-hydrogen) atoms. The van der Waals surface area contributed by atoms with Gasteiger partial charge in [0, 0.05) is 25.2 Å². The first-order valence-corrected chi connectivity index (χ1v) is 10.2. The Hall–Kier alpha value is -1.77. The van der Waals surface area contributed by atoms with Crippen LogP contribution in [0.15, 0.2) is 18.2 Å². The number of likely N-dealkylation sites (tertiary alicyclic amines) is 2. The van der Waals surface area contributed by atoms with Gasteiger partial charge in [0.15, 0.2) is 0 Å². The number of rotatable bonds is 3. The lowest BCUT2D eigenvalue weighted by atomic mass is 9.93. The number of carbonyl (C=O) groups excluding carboxylic acids is 1. The van der Waals surface area contributed by atoms with Crippen molar-refractivity contribution in [2.45, 2.75) is 45.0 Å². The van der Waals surface area contributed by atoms with E-state index in [4.69, 9.17) is 0 Å². The SMILES string of the molecule is CC1CCN(CC2CCCN(C(=O)c3cc(C(F)(F)F)cc(C(F)(F)F)c3)C2)CC1. The number of nitrogens with zero attached hydrogens (tertiary/aromatic N) is 2. The van der Waals surface area contributed by atoms with E-state index in [9.17, 15) is 31.1 Å². The fourth-order valence-corrected chi connectivity index (χ4v) is 4.27. The standard InChI is InChI=1S/C21H26F6N2O/c1-14-4-7-28(8-5-14)12-15-3-2-6-29(13-15)19(30)16-9-17(20(22,23)24)11-18(10-16)21(25,26)27/h9-11,14-15H,2-8,12-13H2,1H3. The molecule has 3 rings (SSSR count). The normalized spacial score (nSPS) is 22.4. The summed E-state index contributed by atoms with van der Waals surface area (Å²) in [6, 6.07) is 1.09. The molecular weight excluding hydrogens is 410 g/mol. The lowest BCUT2D eigenvalue weighted by Gasteiger charge is -2.38. The molecule has 0 radical (unpaired) electrons. The first-order chi connectivity index (χ1) is 13.9. The van der Waals surface area contributed by atoms with Crippen LogP contribution in [-0.2, 0) is 12.4 Å². The first-order valence-electron chi connectivity index (χ1n) is 10.2. The third-order valence-corrected chi connectivity index (χ3v) is 6.03. The Morgan fingerprint density at radius 1 is 0.933 bits per heavy atom. The first kappa shape index (κ1) is 22.9. The zero-order chi connectivity index (χ0) is 22.1. The Morgan fingerprint density at radius 3 is 2.03 bits per heavy atom. The largest absolute Gasteiger partial charge is 0.416 e. The maximum Gasteiger partial charge on any atom is 0.416 e. The monoisotopic (exact) mass is 436 g/mol. The highest BCUT2D eigenvalue weighted by molar-refractivity contribution is 5.94. The second kappa shape index (κ2) is 8.77. The molecule has 0 aromatic heterocycles. The highest BCUT2D eigenvalue weighted by Gasteiger charge is 2.38. The second-order valence-corrected chi connectivity index (χ2v) is 8.54. The summed E-state index contributed by atoms with van der Waals surface area (Å²) in [7, 11) is 0. The van der Waals surface area contributed by atoms with E-state index in [0.29, 0.717) is 37.6 Å². The van der Waals surface area contributed by atoms with E-state index in [0.717, 1.165) is 38.9 Å². The molecule has 168 valence electrons. The molecule has 0 aliphatic carbocycles. The van der Waals surface area contributed by atoms with Crippen LogP contribution in [0, 0.1) is 11.8 Å². The van der Waals surface area contributed by atoms with Crippen molar-refractivity contribution < 1.29 is 31.1 Å². The molecule has 0 N–H and O–H groups in total. The summed E-state index contributed by atoms with van der Waals surface area (Å²) in [4.78, 5) is 16.6. The molecule has 2 heterocycles. The molecule has 2 aliphatic heterocycles. The van der Waals surface area contributed by atoms with Crippen LogP contribution in [-0.4, -0.2) is 48.4 Å². The number of benzene rings is 1. The summed E-state index contributed by atoms with van der Waals surface area (Å²) < 4.78 is 78.6. The van der Waals surface area contributed by atoms with Gasteiger partial charge in [-0.25, -0.2) is 0 Å². The summed E-state index contributed by atoms with van der Waals surface area (Å²) in [6.45, 7) is 5.66. The topological polar surface area (TPSA) is 23.6 Å². The molecule has 0 spiro atoms. The van der Waals surface area contributed by atoms with E-state index in [1.165, 1.54) is 4.90 Å². The summed E-state index contributed by atoms with van der Waals surface area (Å²) in [5, 5.41) is 0. The van der Waals surface area contributed by atoms with Crippen LogP contribution in [0.2, 0.25) is 0 Å². The maximum absolute atomic E-state index is 13.1. The summed E-state index contributed by atoms with van der Waals surface area (Å²) >= 11 is 0. The van der Waals surface area contributed by atoms with Gasteiger partial charge in [0.2, 0.25) is 0 Å². The molecule has 1 atom stereocenters. The molecule has 1 amide bonds.